The van der Waals surface area contributed by atoms with E-state index in [4.69, 9.17) is 5.73 Å². The molecule has 0 fully saturated rings. The molecule has 0 aliphatic rings. The minimum atomic E-state index is -3.50. The molecule has 1 rings (SSSR count). The Morgan fingerprint density at radius 2 is 2.18 bits per heavy atom. The van der Waals surface area contributed by atoms with Crippen LogP contribution in [0.2, 0.25) is 0 Å². The van der Waals surface area contributed by atoms with Gasteiger partial charge in [-0.15, -0.1) is 12.4 Å². The molecule has 0 aliphatic heterocycles. The number of nitrogens with zero attached hydrogens (tertiary/aromatic N) is 2. The summed E-state index contributed by atoms with van der Waals surface area (Å²) in [5.41, 5.74) is 5.23. The van der Waals surface area contributed by atoms with Gasteiger partial charge in [-0.3, -0.25) is 0 Å². The van der Waals surface area contributed by atoms with Gasteiger partial charge in [0.05, 0.1) is 6.33 Å². The molecule has 100 valence electrons. The normalized spacial score (nSPS) is 11.5. The van der Waals surface area contributed by atoms with Crippen LogP contribution in [0.1, 0.15) is 13.8 Å². The first-order valence-electron chi connectivity index (χ1n) is 5.17. The second-order valence-electron chi connectivity index (χ2n) is 3.99. The lowest BCUT2D eigenvalue weighted by Gasteiger charge is -2.04. The lowest BCUT2D eigenvalue weighted by molar-refractivity contribution is 0.521. The molecule has 17 heavy (non-hydrogen) atoms. The fraction of sp³-hybridized carbons (Fsp3) is 0.667. The standard InChI is InChI=1S/C9H18N4O2S.ClH/c1-8(2)5-13-6-9(11-7-13)16(14,15)12-4-3-10;/h6-8,12H,3-5,10H2,1-2H3;1H. The number of halogens is 1. The van der Waals surface area contributed by atoms with Crippen LogP contribution in [-0.2, 0) is 16.6 Å². The fourth-order valence-corrected chi connectivity index (χ4v) is 2.26. The van der Waals surface area contributed by atoms with E-state index in [0.29, 0.717) is 5.92 Å². The highest BCUT2D eigenvalue weighted by atomic mass is 35.5. The quantitative estimate of drug-likeness (QED) is 0.780. The van der Waals surface area contributed by atoms with E-state index in [1.54, 1.807) is 4.57 Å². The van der Waals surface area contributed by atoms with Crippen LogP contribution in [0.15, 0.2) is 17.6 Å². The summed E-state index contributed by atoms with van der Waals surface area (Å²) < 4.78 is 27.4. The van der Waals surface area contributed by atoms with Crippen molar-refractivity contribution in [3.05, 3.63) is 12.5 Å². The van der Waals surface area contributed by atoms with Gasteiger partial charge in [0.25, 0.3) is 10.0 Å². The molecule has 0 atom stereocenters. The van der Waals surface area contributed by atoms with E-state index >= 15 is 0 Å². The smallest absolute Gasteiger partial charge is 0.259 e. The van der Waals surface area contributed by atoms with Crippen LogP contribution in [0.5, 0.6) is 0 Å². The van der Waals surface area contributed by atoms with E-state index in [2.05, 4.69) is 23.6 Å². The molecular weight excluding hydrogens is 264 g/mol. The molecule has 8 heteroatoms. The third-order valence-electron chi connectivity index (χ3n) is 1.90. The van der Waals surface area contributed by atoms with E-state index in [9.17, 15) is 8.42 Å². The van der Waals surface area contributed by atoms with Gasteiger partial charge in [-0.05, 0) is 5.92 Å². The van der Waals surface area contributed by atoms with Gasteiger partial charge >= 0.3 is 0 Å². The Morgan fingerprint density at radius 3 is 2.71 bits per heavy atom. The van der Waals surface area contributed by atoms with Crippen LogP contribution >= 0.6 is 12.4 Å². The van der Waals surface area contributed by atoms with E-state index in [1.165, 1.54) is 12.5 Å². The summed E-state index contributed by atoms with van der Waals surface area (Å²) in [5.74, 6) is 0.446. The van der Waals surface area contributed by atoms with Crippen molar-refractivity contribution in [1.82, 2.24) is 14.3 Å². The van der Waals surface area contributed by atoms with Gasteiger partial charge < -0.3 is 10.3 Å². The van der Waals surface area contributed by atoms with Crippen LogP contribution in [0.4, 0.5) is 0 Å². The maximum atomic E-state index is 11.6. The van der Waals surface area contributed by atoms with Crippen molar-refractivity contribution < 1.29 is 8.42 Å². The molecular formula is C9H19ClN4O2S. The number of hydrogen-bond acceptors (Lipinski definition) is 4. The largest absolute Gasteiger partial charge is 0.336 e. The Morgan fingerprint density at radius 1 is 1.53 bits per heavy atom. The Labute approximate surface area is 108 Å². The first-order chi connectivity index (χ1) is 7.45. The van der Waals surface area contributed by atoms with Gasteiger partial charge in [0.2, 0.25) is 0 Å². The maximum absolute atomic E-state index is 11.6. The fourth-order valence-electron chi connectivity index (χ4n) is 1.27. The number of rotatable bonds is 6. The van der Waals surface area contributed by atoms with Gasteiger partial charge in [-0.2, -0.15) is 0 Å². The molecule has 0 saturated carbocycles. The monoisotopic (exact) mass is 282 g/mol. The molecule has 0 spiro atoms. The van der Waals surface area contributed by atoms with Gasteiger partial charge in [0, 0.05) is 25.8 Å². The van der Waals surface area contributed by atoms with Crippen LogP contribution in [0.25, 0.3) is 0 Å². The van der Waals surface area contributed by atoms with Crippen LogP contribution in [0.3, 0.4) is 0 Å². The highest BCUT2D eigenvalue weighted by molar-refractivity contribution is 7.89. The molecule has 0 amide bonds. The van der Waals surface area contributed by atoms with Gasteiger partial charge in [0.1, 0.15) is 0 Å². The second kappa shape index (κ2) is 6.95. The van der Waals surface area contributed by atoms with Crippen LogP contribution in [0, 0.1) is 5.92 Å². The third-order valence-corrected chi connectivity index (χ3v) is 3.24. The minimum Gasteiger partial charge on any atom is -0.336 e. The van der Waals surface area contributed by atoms with E-state index in [1.807, 2.05) is 0 Å². The number of imidazole rings is 1. The molecule has 3 N–H and O–H groups in total. The Bertz CT molecular complexity index is 430. The SMILES string of the molecule is CC(C)Cn1cnc(S(=O)(=O)NCCN)c1.Cl. The second-order valence-corrected chi connectivity index (χ2v) is 5.70. The van der Waals surface area contributed by atoms with Crippen molar-refractivity contribution in [3.63, 3.8) is 0 Å². The molecule has 0 saturated heterocycles. The van der Waals surface area contributed by atoms with Crippen molar-refractivity contribution in [3.8, 4) is 0 Å². The van der Waals surface area contributed by atoms with Gasteiger partial charge in [-0.1, -0.05) is 13.8 Å². The maximum Gasteiger partial charge on any atom is 0.259 e. The van der Waals surface area contributed by atoms with E-state index in [0.717, 1.165) is 6.54 Å². The summed E-state index contributed by atoms with van der Waals surface area (Å²) in [6.07, 6.45) is 3.05. The first-order valence-corrected chi connectivity index (χ1v) is 6.65. The highest BCUT2D eigenvalue weighted by Crippen LogP contribution is 2.06. The lowest BCUT2D eigenvalue weighted by atomic mass is 10.2. The number of aromatic nitrogens is 2. The predicted octanol–water partition coefficient (Wildman–Crippen LogP) is 0.198. The molecule has 0 bridgehead atoms. The number of nitrogens with one attached hydrogen (secondary N) is 1. The van der Waals surface area contributed by atoms with Gasteiger partial charge in [-0.25, -0.2) is 18.1 Å². The molecule has 0 aliphatic carbocycles. The first kappa shape index (κ1) is 16.4. The molecule has 0 unspecified atom stereocenters. The molecule has 1 heterocycles. The van der Waals surface area contributed by atoms with Crippen LogP contribution in [-0.4, -0.2) is 31.1 Å². The molecule has 1 aromatic rings. The van der Waals surface area contributed by atoms with Crippen molar-refractivity contribution in [2.45, 2.75) is 25.4 Å². The highest BCUT2D eigenvalue weighted by Gasteiger charge is 2.16. The summed E-state index contributed by atoms with van der Waals surface area (Å²) in [4.78, 5) is 3.87. The van der Waals surface area contributed by atoms with Crippen molar-refractivity contribution in [1.29, 1.82) is 0 Å². The van der Waals surface area contributed by atoms with Gasteiger partial charge in [0.15, 0.2) is 5.03 Å². The zero-order valence-electron chi connectivity index (χ0n) is 9.96. The molecule has 0 aromatic carbocycles. The molecule has 6 nitrogen and oxygen atoms in total. The van der Waals surface area contributed by atoms with E-state index in [-0.39, 0.29) is 30.5 Å². The number of nitrogens with two attached hydrogens (primary N) is 1. The minimum absolute atomic E-state index is 0. The summed E-state index contributed by atoms with van der Waals surface area (Å²) in [6.45, 7) is 5.35. The third kappa shape index (κ3) is 5.03. The zero-order valence-corrected chi connectivity index (χ0v) is 11.6. The summed E-state index contributed by atoms with van der Waals surface area (Å²) >= 11 is 0. The Kier molecular flexibility index (Phi) is 6.69. The Hall–Kier alpha value is -0.630. The summed E-state index contributed by atoms with van der Waals surface area (Å²) in [5, 5.41) is 0.0431. The van der Waals surface area contributed by atoms with Crippen molar-refractivity contribution in [2.75, 3.05) is 13.1 Å². The van der Waals surface area contributed by atoms with Crippen molar-refractivity contribution >= 4 is 22.4 Å². The Balaban J connectivity index is 0.00000256. The average Bonchev–Trinajstić information content (AvgIpc) is 2.63. The topological polar surface area (TPSA) is 90.0 Å². The lowest BCUT2D eigenvalue weighted by Crippen LogP contribution is -2.29. The van der Waals surface area contributed by atoms with E-state index < -0.39 is 10.0 Å². The zero-order chi connectivity index (χ0) is 12.2. The average molecular weight is 283 g/mol. The predicted molar refractivity (Wildman–Crippen MR) is 68.6 cm³/mol. The molecule has 1 aromatic heterocycles. The number of sulfonamides is 1. The van der Waals surface area contributed by atoms with Crippen LogP contribution < -0.4 is 10.5 Å². The summed E-state index contributed by atoms with van der Waals surface area (Å²) in [6, 6.07) is 0. The molecule has 0 radical (unpaired) electrons. The number of hydrogen-bond donors (Lipinski definition) is 2. The van der Waals surface area contributed by atoms with Crippen molar-refractivity contribution in [2.24, 2.45) is 11.7 Å². The summed E-state index contributed by atoms with van der Waals surface area (Å²) in [7, 11) is -3.50.